The monoisotopic (exact) mass is 263 g/mol. The van der Waals surface area contributed by atoms with E-state index >= 15 is 0 Å². The number of anilines is 1. The van der Waals surface area contributed by atoms with Crippen LogP contribution in [0.25, 0.3) is 0 Å². The van der Waals surface area contributed by atoms with E-state index in [2.05, 4.69) is 22.1 Å². The first-order chi connectivity index (χ1) is 9.15. The van der Waals surface area contributed by atoms with Gasteiger partial charge >= 0.3 is 5.97 Å². The Kier molecular flexibility index (Phi) is 4.74. The van der Waals surface area contributed by atoms with Crippen LogP contribution in [0.2, 0.25) is 0 Å². The van der Waals surface area contributed by atoms with Crippen molar-refractivity contribution in [3.05, 3.63) is 23.9 Å². The van der Waals surface area contributed by atoms with Gasteiger partial charge in [-0.05, 0) is 37.4 Å². The standard InChI is InChI=1S/C14H21N3O2/c1-11-4-3-8-17(10-11)9-7-15-13-6-2-5-12(16-13)14(18)19/h2,5-6,11H,3-4,7-10H2,1H3,(H,15,16)(H,18,19). The first kappa shape index (κ1) is 13.8. The van der Waals surface area contributed by atoms with E-state index in [-0.39, 0.29) is 5.69 Å². The van der Waals surface area contributed by atoms with E-state index < -0.39 is 5.97 Å². The predicted octanol–water partition coefficient (Wildman–Crippen LogP) is 1.92. The van der Waals surface area contributed by atoms with Crippen molar-refractivity contribution in [2.45, 2.75) is 19.8 Å². The largest absolute Gasteiger partial charge is 0.477 e. The molecule has 5 nitrogen and oxygen atoms in total. The summed E-state index contributed by atoms with van der Waals surface area (Å²) in [6.45, 7) is 6.38. The molecule has 5 heteroatoms. The topological polar surface area (TPSA) is 65.5 Å². The fraction of sp³-hybridized carbons (Fsp3) is 0.571. The summed E-state index contributed by atoms with van der Waals surface area (Å²) in [5, 5.41) is 12.1. The van der Waals surface area contributed by atoms with Crippen molar-refractivity contribution in [3.8, 4) is 0 Å². The normalized spacial score (nSPS) is 20.2. The fourth-order valence-electron chi connectivity index (χ4n) is 2.48. The summed E-state index contributed by atoms with van der Waals surface area (Å²) in [6, 6.07) is 5.01. The zero-order valence-corrected chi connectivity index (χ0v) is 11.3. The highest BCUT2D eigenvalue weighted by Crippen LogP contribution is 2.14. The molecule has 0 bridgehead atoms. The van der Waals surface area contributed by atoms with Crippen molar-refractivity contribution in [2.75, 3.05) is 31.5 Å². The Balaban J connectivity index is 1.79. The van der Waals surface area contributed by atoms with Gasteiger partial charge in [-0.25, -0.2) is 9.78 Å². The van der Waals surface area contributed by atoms with Crippen LogP contribution in [-0.2, 0) is 0 Å². The molecule has 1 aliphatic rings. The Bertz CT molecular complexity index is 436. The Morgan fingerprint density at radius 3 is 3.16 bits per heavy atom. The van der Waals surface area contributed by atoms with Crippen LogP contribution in [0.5, 0.6) is 0 Å². The van der Waals surface area contributed by atoms with E-state index in [1.165, 1.54) is 18.9 Å². The van der Waals surface area contributed by atoms with Crippen LogP contribution < -0.4 is 5.32 Å². The number of carboxylic acid groups (broad SMARTS) is 1. The summed E-state index contributed by atoms with van der Waals surface area (Å²) in [6.07, 6.45) is 2.60. The third kappa shape index (κ3) is 4.21. The SMILES string of the molecule is CC1CCCN(CCNc2cccc(C(=O)O)n2)C1. The third-order valence-electron chi connectivity index (χ3n) is 3.44. The van der Waals surface area contributed by atoms with Gasteiger partial charge in [0.15, 0.2) is 5.69 Å². The van der Waals surface area contributed by atoms with E-state index in [9.17, 15) is 4.79 Å². The molecular formula is C14H21N3O2. The van der Waals surface area contributed by atoms with Gasteiger partial charge in [-0.15, -0.1) is 0 Å². The summed E-state index contributed by atoms with van der Waals surface area (Å²) in [4.78, 5) is 17.3. The van der Waals surface area contributed by atoms with Gasteiger partial charge < -0.3 is 15.3 Å². The van der Waals surface area contributed by atoms with Crippen LogP contribution in [0.1, 0.15) is 30.3 Å². The van der Waals surface area contributed by atoms with Gasteiger partial charge in [0, 0.05) is 19.6 Å². The van der Waals surface area contributed by atoms with Crippen molar-refractivity contribution >= 4 is 11.8 Å². The van der Waals surface area contributed by atoms with E-state index in [0.29, 0.717) is 5.82 Å². The molecule has 0 amide bonds. The molecule has 1 fully saturated rings. The lowest BCUT2D eigenvalue weighted by Crippen LogP contribution is -2.37. The van der Waals surface area contributed by atoms with Crippen LogP contribution in [0, 0.1) is 5.92 Å². The highest BCUT2D eigenvalue weighted by molar-refractivity contribution is 5.85. The number of aromatic nitrogens is 1. The molecule has 2 heterocycles. The third-order valence-corrected chi connectivity index (χ3v) is 3.44. The van der Waals surface area contributed by atoms with Gasteiger partial charge in [0.25, 0.3) is 0 Å². The molecule has 1 aliphatic heterocycles. The molecule has 1 aromatic rings. The van der Waals surface area contributed by atoms with E-state index in [1.54, 1.807) is 12.1 Å². The maximum atomic E-state index is 10.8. The summed E-state index contributed by atoms with van der Waals surface area (Å²) in [7, 11) is 0. The molecule has 1 atom stereocenters. The van der Waals surface area contributed by atoms with Gasteiger partial charge in [0.05, 0.1) is 0 Å². The van der Waals surface area contributed by atoms with Crippen LogP contribution in [0.15, 0.2) is 18.2 Å². The number of hydrogen-bond donors (Lipinski definition) is 2. The minimum Gasteiger partial charge on any atom is -0.477 e. The summed E-state index contributed by atoms with van der Waals surface area (Å²) >= 11 is 0. The maximum absolute atomic E-state index is 10.8. The Hall–Kier alpha value is -1.62. The average Bonchev–Trinajstić information content (AvgIpc) is 2.39. The first-order valence-electron chi connectivity index (χ1n) is 6.82. The van der Waals surface area contributed by atoms with Crippen molar-refractivity contribution in [3.63, 3.8) is 0 Å². The second-order valence-corrected chi connectivity index (χ2v) is 5.19. The smallest absolute Gasteiger partial charge is 0.354 e. The number of aromatic carboxylic acids is 1. The molecule has 0 aromatic carbocycles. The van der Waals surface area contributed by atoms with Crippen LogP contribution >= 0.6 is 0 Å². The Morgan fingerprint density at radius 2 is 2.42 bits per heavy atom. The van der Waals surface area contributed by atoms with E-state index in [4.69, 9.17) is 5.11 Å². The molecule has 0 radical (unpaired) electrons. The molecule has 2 rings (SSSR count). The van der Waals surface area contributed by atoms with Gasteiger partial charge in [-0.1, -0.05) is 13.0 Å². The molecular weight excluding hydrogens is 242 g/mol. The summed E-state index contributed by atoms with van der Waals surface area (Å²) in [5.74, 6) is 0.417. The van der Waals surface area contributed by atoms with Gasteiger partial charge in [-0.3, -0.25) is 0 Å². The van der Waals surface area contributed by atoms with Crippen LogP contribution in [0.3, 0.4) is 0 Å². The van der Waals surface area contributed by atoms with E-state index in [0.717, 1.165) is 32.1 Å². The van der Waals surface area contributed by atoms with E-state index in [1.807, 2.05) is 0 Å². The van der Waals surface area contributed by atoms with Gasteiger partial charge in [0.2, 0.25) is 0 Å². The fourth-order valence-corrected chi connectivity index (χ4v) is 2.48. The molecule has 19 heavy (non-hydrogen) atoms. The molecule has 1 aromatic heterocycles. The lowest BCUT2D eigenvalue weighted by atomic mass is 10.0. The molecule has 0 saturated carbocycles. The second kappa shape index (κ2) is 6.52. The Labute approximate surface area is 113 Å². The maximum Gasteiger partial charge on any atom is 0.354 e. The average molecular weight is 263 g/mol. The predicted molar refractivity (Wildman–Crippen MR) is 74.5 cm³/mol. The summed E-state index contributed by atoms with van der Waals surface area (Å²) in [5.41, 5.74) is 0.0802. The lowest BCUT2D eigenvalue weighted by Gasteiger charge is -2.30. The minimum atomic E-state index is -0.992. The molecule has 104 valence electrons. The molecule has 1 saturated heterocycles. The number of likely N-dealkylation sites (tertiary alicyclic amines) is 1. The highest BCUT2D eigenvalue weighted by Gasteiger charge is 2.15. The van der Waals surface area contributed by atoms with Crippen molar-refractivity contribution in [1.29, 1.82) is 0 Å². The van der Waals surface area contributed by atoms with Gasteiger partial charge in [0.1, 0.15) is 5.82 Å². The minimum absolute atomic E-state index is 0.0802. The zero-order chi connectivity index (χ0) is 13.7. The number of carbonyl (C=O) groups is 1. The number of piperidine rings is 1. The zero-order valence-electron chi connectivity index (χ0n) is 11.3. The Morgan fingerprint density at radius 1 is 1.58 bits per heavy atom. The van der Waals surface area contributed by atoms with Crippen molar-refractivity contribution in [1.82, 2.24) is 9.88 Å². The summed E-state index contributed by atoms with van der Waals surface area (Å²) < 4.78 is 0. The molecule has 0 aliphatic carbocycles. The first-order valence-corrected chi connectivity index (χ1v) is 6.82. The van der Waals surface area contributed by atoms with Crippen LogP contribution in [0.4, 0.5) is 5.82 Å². The number of carboxylic acids is 1. The van der Waals surface area contributed by atoms with Crippen molar-refractivity contribution in [2.24, 2.45) is 5.92 Å². The second-order valence-electron chi connectivity index (χ2n) is 5.19. The number of nitrogens with zero attached hydrogens (tertiary/aromatic N) is 2. The van der Waals surface area contributed by atoms with Crippen molar-refractivity contribution < 1.29 is 9.90 Å². The number of nitrogens with one attached hydrogen (secondary N) is 1. The number of rotatable bonds is 5. The number of hydrogen-bond acceptors (Lipinski definition) is 4. The highest BCUT2D eigenvalue weighted by atomic mass is 16.4. The molecule has 1 unspecified atom stereocenters. The number of pyridine rings is 1. The molecule has 0 spiro atoms. The lowest BCUT2D eigenvalue weighted by molar-refractivity contribution is 0.0690. The molecule has 2 N–H and O–H groups in total. The quantitative estimate of drug-likeness (QED) is 0.849. The van der Waals surface area contributed by atoms with Crippen LogP contribution in [-0.4, -0.2) is 47.1 Å². The van der Waals surface area contributed by atoms with Gasteiger partial charge in [-0.2, -0.15) is 0 Å².